The van der Waals surface area contributed by atoms with Gasteiger partial charge in [0.15, 0.2) is 5.76 Å². The van der Waals surface area contributed by atoms with E-state index in [2.05, 4.69) is 31.6 Å². The van der Waals surface area contributed by atoms with Crippen LogP contribution in [0, 0.1) is 11.8 Å². The highest BCUT2D eigenvalue weighted by molar-refractivity contribution is 6.38. The third-order valence-corrected chi connectivity index (χ3v) is 6.21. The number of fused-ring (bicyclic) bond motifs is 1. The molecule has 0 radical (unpaired) electrons. The van der Waals surface area contributed by atoms with E-state index in [4.69, 9.17) is 9.26 Å². The minimum atomic E-state index is -1.24. The van der Waals surface area contributed by atoms with E-state index >= 15 is 0 Å². The molecule has 0 saturated carbocycles. The summed E-state index contributed by atoms with van der Waals surface area (Å²) in [6.07, 6.45) is -0.583. The van der Waals surface area contributed by atoms with E-state index in [1.54, 1.807) is 39.8 Å². The molecule has 4 amide bonds. The Morgan fingerprint density at radius 1 is 1.03 bits per heavy atom. The van der Waals surface area contributed by atoms with Crippen molar-refractivity contribution in [1.29, 1.82) is 0 Å². The smallest absolute Gasteiger partial charge is 0.408 e. The number of carbonyl (C=O) groups is 5. The van der Waals surface area contributed by atoms with Gasteiger partial charge in [-0.1, -0.05) is 58.0 Å². The van der Waals surface area contributed by atoms with Gasteiger partial charge in [-0.3, -0.25) is 19.2 Å². The highest BCUT2D eigenvalue weighted by Crippen LogP contribution is 2.13. The van der Waals surface area contributed by atoms with Crippen molar-refractivity contribution >= 4 is 29.6 Å². The summed E-state index contributed by atoms with van der Waals surface area (Å²) in [7, 11) is 0. The number of aromatic nitrogens is 2. The summed E-state index contributed by atoms with van der Waals surface area (Å²) in [5.74, 6) is -3.28. The van der Waals surface area contributed by atoms with Crippen LogP contribution >= 0.6 is 0 Å². The largest absolute Gasteiger partial charge is 0.445 e. The number of alkyl carbamates (subject to hydrolysis) is 1. The first-order chi connectivity index (χ1) is 18.6. The van der Waals surface area contributed by atoms with Crippen molar-refractivity contribution in [3.63, 3.8) is 0 Å². The maximum atomic E-state index is 13.3. The fourth-order valence-corrected chi connectivity index (χ4v) is 3.98. The molecular formula is C26H34N6O7. The Kier molecular flexibility index (Phi) is 10.1. The monoisotopic (exact) mass is 542 g/mol. The van der Waals surface area contributed by atoms with Crippen LogP contribution < -0.4 is 21.3 Å². The molecule has 1 aromatic carbocycles. The fraction of sp³-hybridized carbons (Fsp3) is 0.500. The van der Waals surface area contributed by atoms with Crippen molar-refractivity contribution in [1.82, 2.24) is 31.6 Å². The Bertz CT molecular complexity index is 1180. The van der Waals surface area contributed by atoms with Gasteiger partial charge in [0.2, 0.25) is 17.6 Å². The van der Waals surface area contributed by atoms with Crippen LogP contribution in [-0.2, 0) is 43.4 Å². The van der Waals surface area contributed by atoms with E-state index in [1.165, 1.54) is 0 Å². The molecule has 4 N–H and O–H groups in total. The Morgan fingerprint density at radius 3 is 2.36 bits per heavy atom. The molecule has 2 heterocycles. The van der Waals surface area contributed by atoms with Crippen LogP contribution in [0.1, 0.15) is 44.7 Å². The number of Topliss-reactive ketones (excluding diaryl/α,β-unsaturated/α-hetero) is 1. The lowest BCUT2D eigenvalue weighted by atomic mass is 9.98. The molecule has 0 aliphatic carbocycles. The molecule has 3 unspecified atom stereocenters. The second kappa shape index (κ2) is 13.5. The predicted octanol–water partition coefficient (Wildman–Crippen LogP) is 0.430. The molecule has 0 bridgehead atoms. The van der Waals surface area contributed by atoms with Crippen LogP contribution in [0.3, 0.4) is 0 Å². The van der Waals surface area contributed by atoms with Crippen LogP contribution in [0.4, 0.5) is 4.79 Å². The Labute approximate surface area is 225 Å². The summed E-state index contributed by atoms with van der Waals surface area (Å²) in [6.45, 7) is 7.09. The van der Waals surface area contributed by atoms with Crippen LogP contribution in [0.25, 0.3) is 0 Å². The van der Waals surface area contributed by atoms with E-state index in [0.29, 0.717) is 17.9 Å². The first kappa shape index (κ1) is 29.3. The van der Waals surface area contributed by atoms with Crippen LogP contribution in [0.5, 0.6) is 0 Å². The first-order valence-electron chi connectivity index (χ1n) is 12.8. The van der Waals surface area contributed by atoms with Crippen molar-refractivity contribution in [2.24, 2.45) is 11.8 Å². The molecule has 0 saturated heterocycles. The number of nitrogens with zero attached hydrogens (tertiary/aromatic N) is 2. The zero-order chi connectivity index (χ0) is 28.5. The highest BCUT2D eigenvalue weighted by atomic mass is 16.5. The number of benzene rings is 1. The number of ether oxygens (including phenoxy) is 1. The number of hydrogen-bond acceptors (Lipinski definition) is 9. The summed E-state index contributed by atoms with van der Waals surface area (Å²) in [6, 6.07) is 5.77. The van der Waals surface area contributed by atoms with Gasteiger partial charge in [-0.15, -0.1) is 5.10 Å². The third-order valence-electron chi connectivity index (χ3n) is 6.21. The topological polar surface area (TPSA) is 182 Å². The molecule has 3 rings (SSSR count). The number of ketones is 1. The molecule has 3 atom stereocenters. The lowest BCUT2D eigenvalue weighted by molar-refractivity contribution is -0.140. The average molecular weight is 543 g/mol. The summed E-state index contributed by atoms with van der Waals surface area (Å²) in [5.41, 5.74) is 1.14. The zero-order valence-electron chi connectivity index (χ0n) is 22.4. The van der Waals surface area contributed by atoms with E-state index in [1.807, 2.05) is 18.2 Å². The molecular weight excluding hydrogens is 508 g/mol. The van der Waals surface area contributed by atoms with E-state index in [0.717, 1.165) is 5.56 Å². The molecule has 1 aliphatic heterocycles. The zero-order valence-corrected chi connectivity index (χ0v) is 22.4. The van der Waals surface area contributed by atoms with Gasteiger partial charge in [-0.25, -0.2) is 4.79 Å². The van der Waals surface area contributed by atoms with Gasteiger partial charge in [-0.2, -0.15) is 0 Å². The van der Waals surface area contributed by atoms with Gasteiger partial charge >= 0.3 is 6.09 Å². The van der Waals surface area contributed by atoms with Gasteiger partial charge in [0.25, 0.3) is 5.91 Å². The van der Waals surface area contributed by atoms with Crippen molar-refractivity contribution in [2.75, 3.05) is 6.54 Å². The molecule has 13 heteroatoms. The standard InChI is InChI=1S/C26H34N6O7/c1-14(2)20(23(34)28-18-12-17-19(39-32-31-17)10-11-27-25(36)22(18)33)29-24(35)21(15(3)4)30-26(37)38-13-16-8-6-5-7-9-16/h5-9,14-15,18,20-21H,10-13H2,1-4H3,(H,27,36)(H,28,34)(H,29,35)(H,30,37). The quantitative estimate of drug-likeness (QED) is 0.327. The summed E-state index contributed by atoms with van der Waals surface area (Å²) < 4.78 is 10.3. The predicted molar refractivity (Wildman–Crippen MR) is 137 cm³/mol. The van der Waals surface area contributed by atoms with Crippen molar-refractivity contribution in [3.8, 4) is 0 Å². The normalized spacial score (nSPS) is 17.1. The number of hydrogen-bond donors (Lipinski definition) is 4. The van der Waals surface area contributed by atoms with Crippen LogP contribution in [0.2, 0.25) is 0 Å². The molecule has 1 aromatic heterocycles. The number of nitrogens with one attached hydrogen (secondary N) is 4. The summed E-state index contributed by atoms with van der Waals surface area (Å²) >= 11 is 0. The SMILES string of the molecule is CC(C)C(NC(=O)OCc1ccccc1)C(=O)NC(C(=O)NC1Cc2nnoc2CCNC(=O)C1=O)C(C)C. The van der Waals surface area contributed by atoms with Gasteiger partial charge in [-0.05, 0) is 17.4 Å². The van der Waals surface area contributed by atoms with Gasteiger partial charge < -0.3 is 30.5 Å². The van der Waals surface area contributed by atoms with Crippen LogP contribution in [0.15, 0.2) is 34.9 Å². The second-order valence-corrected chi connectivity index (χ2v) is 9.94. The molecule has 13 nitrogen and oxygen atoms in total. The Hall–Kier alpha value is -4.29. The van der Waals surface area contributed by atoms with Crippen molar-refractivity contribution in [3.05, 3.63) is 47.3 Å². The van der Waals surface area contributed by atoms with E-state index in [-0.39, 0.29) is 25.5 Å². The molecule has 39 heavy (non-hydrogen) atoms. The molecule has 210 valence electrons. The molecule has 1 aliphatic rings. The first-order valence-corrected chi connectivity index (χ1v) is 12.8. The van der Waals surface area contributed by atoms with Crippen molar-refractivity contribution < 1.29 is 33.2 Å². The second-order valence-electron chi connectivity index (χ2n) is 9.94. The van der Waals surface area contributed by atoms with E-state index < -0.39 is 53.6 Å². The summed E-state index contributed by atoms with van der Waals surface area (Å²) in [5, 5.41) is 17.7. The van der Waals surface area contributed by atoms with Gasteiger partial charge in [0.05, 0.1) is 0 Å². The van der Waals surface area contributed by atoms with Gasteiger partial charge in [0.1, 0.15) is 30.4 Å². The van der Waals surface area contributed by atoms with Gasteiger partial charge in [0, 0.05) is 24.7 Å². The number of rotatable bonds is 9. The minimum absolute atomic E-state index is 0.0296. The van der Waals surface area contributed by atoms with Crippen molar-refractivity contribution in [2.45, 2.75) is 65.3 Å². The van der Waals surface area contributed by atoms with Crippen LogP contribution in [-0.4, -0.2) is 64.6 Å². The highest BCUT2D eigenvalue weighted by Gasteiger charge is 2.35. The lowest BCUT2D eigenvalue weighted by Crippen LogP contribution is -2.59. The molecule has 2 aromatic rings. The number of carbonyl (C=O) groups excluding carboxylic acids is 5. The maximum Gasteiger partial charge on any atom is 0.408 e. The summed E-state index contributed by atoms with van der Waals surface area (Å²) in [4.78, 5) is 63.9. The minimum Gasteiger partial charge on any atom is -0.445 e. The van der Waals surface area contributed by atoms with E-state index in [9.17, 15) is 24.0 Å². The lowest BCUT2D eigenvalue weighted by Gasteiger charge is -2.28. The molecule has 0 fully saturated rings. The molecule has 0 spiro atoms. The maximum absolute atomic E-state index is 13.3. The Morgan fingerprint density at radius 2 is 1.69 bits per heavy atom. The fourth-order valence-electron chi connectivity index (χ4n) is 3.98. The average Bonchev–Trinajstić information content (AvgIpc) is 3.35. The number of amides is 4. The third kappa shape index (κ3) is 8.09. The Balaban J connectivity index is 1.67.